The molecule has 0 saturated heterocycles. The van der Waals surface area contributed by atoms with Gasteiger partial charge in [0, 0.05) is 17.9 Å². The van der Waals surface area contributed by atoms with Gasteiger partial charge in [-0.25, -0.2) is 0 Å². The fourth-order valence-corrected chi connectivity index (χ4v) is 1.79. The Morgan fingerprint density at radius 1 is 1.29 bits per heavy atom. The van der Waals surface area contributed by atoms with E-state index in [0.717, 1.165) is 9.38 Å². The Labute approximate surface area is 89.5 Å². The average Bonchev–Trinajstić information content (AvgIpc) is 2.01. The maximum absolute atomic E-state index is 10.9. The summed E-state index contributed by atoms with van der Waals surface area (Å²) in [5, 5.41) is 0.128. The van der Waals surface area contributed by atoms with Crippen LogP contribution in [0.25, 0.3) is 0 Å². The van der Waals surface area contributed by atoms with Crippen LogP contribution < -0.4 is 4.48 Å². The van der Waals surface area contributed by atoms with Crippen LogP contribution in [0.15, 0.2) is 29.2 Å². The molecule has 0 bridgehead atoms. The van der Waals surface area contributed by atoms with Crippen LogP contribution in [0.5, 0.6) is 0 Å². The summed E-state index contributed by atoms with van der Waals surface area (Å²) < 4.78 is 0.770. The molecule has 0 spiro atoms. The summed E-state index contributed by atoms with van der Waals surface area (Å²) in [4.78, 5) is 11.9. The van der Waals surface area contributed by atoms with Crippen molar-refractivity contribution in [2.75, 3.05) is 21.1 Å². The Bertz CT molecular complexity index is 341. The van der Waals surface area contributed by atoms with E-state index in [9.17, 15) is 4.79 Å². The maximum Gasteiger partial charge on any atom is 0.190 e. The largest absolute Gasteiger partial charge is 0.298 e. The van der Waals surface area contributed by atoms with E-state index < -0.39 is 0 Å². The van der Waals surface area contributed by atoms with E-state index in [2.05, 4.69) is 33.3 Å². The lowest BCUT2D eigenvalue weighted by molar-refractivity contribution is -0.109. The molecule has 76 valence electrons. The second kappa shape index (κ2) is 4.15. The van der Waals surface area contributed by atoms with Gasteiger partial charge in [0.2, 0.25) is 0 Å². The van der Waals surface area contributed by atoms with E-state index in [1.54, 1.807) is 6.92 Å². The van der Waals surface area contributed by atoms with Gasteiger partial charge in [0.25, 0.3) is 0 Å². The molecule has 0 saturated carbocycles. The SMILES string of the molecule is CC(=O)Sc1cccc([N+](C)(C)C)c1. The Morgan fingerprint density at radius 3 is 2.43 bits per heavy atom. The molecule has 0 aliphatic carbocycles. The Kier molecular flexibility index (Phi) is 3.34. The molecule has 1 aromatic rings. The van der Waals surface area contributed by atoms with Gasteiger partial charge < -0.3 is 0 Å². The van der Waals surface area contributed by atoms with Crippen molar-refractivity contribution in [3.8, 4) is 0 Å². The van der Waals surface area contributed by atoms with Crippen LogP contribution >= 0.6 is 11.8 Å². The van der Waals surface area contributed by atoms with Crippen LogP contribution in [0.2, 0.25) is 0 Å². The number of benzene rings is 1. The first kappa shape index (κ1) is 11.3. The van der Waals surface area contributed by atoms with Crippen LogP contribution in [0.3, 0.4) is 0 Å². The molecule has 0 fully saturated rings. The molecular weight excluding hydrogens is 194 g/mol. The monoisotopic (exact) mass is 210 g/mol. The van der Waals surface area contributed by atoms with E-state index in [1.165, 1.54) is 17.4 Å². The number of carbonyl (C=O) groups is 1. The molecule has 0 radical (unpaired) electrons. The van der Waals surface area contributed by atoms with Crippen LogP contribution in [-0.4, -0.2) is 26.3 Å². The van der Waals surface area contributed by atoms with Gasteiger partial charge in [0.05, 0.1) is 21.1 Å². The first-order valence-electron chi connectivity index (χ1n) is 4.50. The lowest BCUT2D eigenvalue weighted by atomic mass is 10.3. The summed E-state index contributed by atoms with van der Waals surface area (Å²) in [6, 6.07) is 8.09. The predicted octanol–water partition coefficient (Wildman–Crippen LogP) is 2.52. The van der Waals surface area contributed by atoms with Crippen molar-refractivity contribution in [2.45, 2.75) is 11.8 Å². The maximum atomic E-state index is 10.9. The van der Waals surface area contributed by atoms with Crippen molar-refractivity contribution in [3.63, 3.8) is 0 Å². The zero-order chi connectivity index (χ0) is 10.8. The third kappa shape index (κ3) is 3.16. The summed E-state index contributed by atoms with van der Waals surface area (Å²) >= 11 is 1.28. The molecule has 14 heavy (non-hydrogen) atoms. The van der Waals surface area contributed by atoms with E-state index in [-0.39, 0.29) is 5.12 Å². The van der Waals surface area contributed by atoms with Crippen molar-refractivity contribution in [1.29, 1.82) is 0 Å². The first-order chi connectivity index (χ1) is 6.39. The molecule has 1 rings (SSSR count). The molecular formula is C11H16NOS+. The second-order valence-electron chi connectivity index (χ2n) is 4.10. The molecule has 1 aromatic carbocycles. The molecule has 0 aliphatic heterocycles. The van der Waals surface area contributed by atoms with Crippen molar-refractivity contribution in [1.82, 2.24) is 4.48 Å². The topological polar surface area (TPSA) is 17.1 Å². The van der Waals surface area contributed by atoms with Crippen molar-refractivity contribution >= 4 is 22.6 Å². The summed E-state index contributed by atoms with van der Waals surface area (Å²) in [7, 11) is 6.33. The molecule has 0 aromatic heterocycles. The van der Waals surface area contributed by atoms with Gasteiger partial charge in [-0.3, -0.25) is 9.28 Å². The van der Waals surface area contributed by atoms with Gasteiger partial charge in [-0.2, -0.15) is 0 Å². The Balaban J connectivity index is 2.95. The van der Waals surface area contributed by atoms with E-state index >= 15 is 0 Å². The Hall–Kier alpha value is -0.800. The fraction of sp³-hybridized carbons (Fsp3) is 0.364. The molecule has 0 N–H and O–H groups in total. The minimum atomic E-state index is 0.128. The average molecular weight is 210 g/mol. The van der Waals surface area contributed by atoms with Crippen LogP contribution in [0.4, 0.5) is 5.69 Å². The number of rotatable bonds is 2. The fourth-order valence-electron chi connectivity index (χ4n) is 1.13. The van der Waals surface area contributed by atoms with Gasteiger partial charge in [0.15, 0.2) is 5.12 Å². The second-order valence-corrected chi connectivity index (χ2v) is 5.35. The van der Waals surface area contributed by atoms with Crippen molar-refractivity contribution in [2.24, 2.45) is 0 Å². The summed E-state index contributed by atoms with van der Waals surface area (Å²) in [6.07, 6.45) is 0. The van der Waals surface area contributed by atoms with Crippen LogP contribution in [0.1, 0.15) is 6.92 Å². The number of hydrogen-bond donors (Lipinski definition) is 0. The highest BCUT2D eigenvalue weighted by Crippen LogP contribution is 2.25. The van der Waals surface area contributed by atoms with Crippen LogP contribution in [0, 0.1) is 0 Å². The molecule has 0 amide bonds. The predicted molar refractivity (Wildman–Crippen MR) is 62.5 cm³/mol. The van der Waals surface area contributed by atoms with Gasteiger partial charge in [-0.05, 0) is 12.1 Å². The third-order valence-electron chi connectivity index (χ3n) is 1.85. The van der Waals surface area contributed by atoms with Gasteiger partial charge in [0.1, 0.15) is 5.69 Å². The van der Waals surface area contributed by atoms with E-state index in [0.29, 0.717) is 0 Å². The summed E-state index contributed by atoms with van der Waals surface area (Å²) in [6.45, 7) is 1.59. The number of carbonyl (C=O) groups excluding carboxylic acids is 1. The number of quaternary nitrogens is 1. The summed E-state index contributed by atoms with van der Waals surface area (Å²) in [5.41, 5.74) is 1.20. The number of nitrogens with zero attached hydrogens (tertiary/aromatic N) is 1. The quantitative estimate of drug-likeness (QED) is 0.551. The lowest BCUT2D eigenvalue weighted by Gasteiger charge is -2.23. The molecule has 0 atom stereocenters. The third-order valence-corrected chi connectivity index (χ3v) is 2.63. The van der Waals surface area contributed by atoms with E-state index in [1.807, 2.05) is 12.1 Å². The zero-order valence-electron chi connectivity index (χ0n) is 9.07. The van der Waals surface area contributed by atoms with Gasteiger partial charge >= 0.3 is 0 Å². The number of hydrogen-bond acceptors (Lipinski definition) is 2. The zero-order valence-corrected chi connectivity index (χ0v) is 9.89. The normalized spacial score (nSPS) is 11.4. The molecule has 2 nitrogen and oxygen atoms in total. The molecule has 0 unspecified atom stereocenters. The smallest absolute Gasteiger partial charge is 0.190 e. The minimum Gasteiger partial charge on any atom is -0.298 e. The van der Waals surface area contributed by atoms with Gasteiger partial charge in [-0.15, -0.1) is 0 Å². The minimum absolute atomic E-state index is 0.128. The molecule has 0 aliphatic rings. The lowest BCUT2D eigenvalue weighted by Crippen LogP contribution is -2.34. The highest BCUT2D eigenvalue weighted by Gasteiger charge is 2.12. The van der Waals surface area contributed by atoms with Crippen molar-refractivity contribution in [3.05, 3.63) is 24.3 Å². The van der Waals surface area contributed by atoms with Crippen LogP contribution in [-0.2, 0) is 4.79 Å². The first-order valence-corrected chi connectivity index (χ1v) is 5.32. The molecule has 3 heteroatoms. The van der Waals surface area contributed by atoms with E-state index in [4.69, 9.17) is 0 Å². The molecule has 0 heterocycles. The van der Waals surface area contributed by atoms with Crippen molar-refractivity contribution < 1.29 is 4.79 Å². The number of thioether (sulfide) groups is 1. The highest BCUT2D eigenvalue weighted by atomic mass is 32.2. The Morgan fingerprint density at radius 2 is 1.93 bits per heavy atom. The standard InChI is InChI=1S/C11H16NOS/c1-9(13)14-11-7-5-6-10(8-11)12(2,3)4/h5-8H,1-4H3/q+1. The highest BCUT2D eigenvalue weighted by molar-refractivity contribution is 8.13. The summed E-state index contributed by atoms with van der Waals surface area (Å²) in [5.74, 6) is 0. The van der Waals surface area contributed by atoms with Gasteiger partial charge in [-0.1, -0.05) is 17.8 Å².